The van der Waals surface area contributed by atoms with E-state index in [4.69, 9.17) is 14.2 Å². The average Bonchev–Trinajstić information content (AvgIpc) is 3.58. The Bertz CT molecular complexity index is 1170. The zero-order valence-corrected chi connectivity index (χ0v) is 20.5. The molecule has 186 valence electrons. The Labute approximate surface area is 206 Å². The van der Waals surface area contributed by atoms with Crippen molar-refractivity contribution in [2.24, 2.45) is 5.92 Å². The lowest BCUT2D eigenvalue weighted by Crippen LogP contribution is -2.40. The Hall–Kier alpha value is -2.87. The molecule has 1 aromatic heterocycles. The van der Waals surface area contributed by atoms with E-state index >= 15 is 0 Å². The number of fused-ring (bicyclic) bond motifs is 1. The number of hydrogen-bond acceptors (Lipinski definition) is 5. The monoisotopic (exact) mass is 478 g/mol. The summed E-state index contributed by atoms with van der Waals surface area (Å²) in [6, 6.07) is 11.6. The number of benzene rings is 2. The fourth-order valence-corrected chi connectivity index (χ4v) is 5.49. The van der Waals surface area contributed by atoms with Crippen LogP contribution in [-0.4, -0.2) is 60.5 Å². The Balaban J connectivity index is 1.41. The standard InChI is InChI=1S/C28H34N2O5/c1-18-13-26(33-2)24(23-7-10-29-27(18)23)15-30-11-8-22(35-17-19-9-12-34-16-19)14-25(30)20-3-5-21(6-4-20)28(31)32/h3-7,10,13,19,22,25,29H,8-9,11-12,14-17H2,1-2H3,(H,31,32)/t19?,22-,25-/m0/s1. The number of aromatic nitrogens is 1. The number of aromatic carboxylic acids is 1. The molecule has 35 heavy (non-hydrogen) atoms. The summed E-state index contributed by atoms with van der Waals surface area (Å²) in [6.45, 7) is 6.09. The van der Waals surface area contributed by atoms with E-state index in [9.17, 15) is 9.90 Å². The van der Waals surface area contributed by atoms with E-state index < -0.39 is 5.97 Å². The average molecular weight is 479 g/mol. The van der Waals surface area contributed by atoms with Crippen LogP contribution in [0.25, 0.3) is 10.9 Å². The molecule has 2 aliphatic heterocycles. The Morgan fingerprint density at radius 3 is 2.77 bits per heavy atom. The highest BCUT2D eigenvalue weighted by molar-refractivity contribution is 5.88. The van der Waals surface area contributed by atoms with Gasteiger partial charge in [0, 0.05) is 54.3 Å². The third kappa shape index (κ3) is 5.08. The van der Waals surface area contributed by atoms with E-state index in [1.54, 1.807) is 19.2 Å². The number of rotatable bonds is 8. The first-order valence-corrected chi connectivity index (χ1v) is 12.4. The van der Waals surface area contributed by atoms with Crippen molar-refractivity contribution in [2.45, 2.75) is 44.9 Å². The molecule has 5 rings (SSSR count). The summed E-state index contributed by atoms with van der Waals surface area (Å²) in [4.78, 5) is 17.2. The molecule has 2 N–H and O–H groups in total. The van der Waals surface area contributed by atoms with Crippen LogP contribution < -0.4 is 4.74 Å². The van der Waals surface area contributed by atoms with Gasteiger partial charge in [0.25, 0.3) is 0 Å². The first kappa shape index (κ1) is 23.9. The van der Waals surface area contributed by atoms with Crippen LogP contribution in [0, 0.1) is 12.8 Å². The van der Waals surface area contributed by atoms with Gasteiger partial charge in [0.15, 0.2) is 0 Å². The maximum atomic E-state index is 11.4. The Morgan fingerprint density at radius 2 is 2.06 bits per heavy atom. The minimum Gasteiger partial charge on any atom is -0.496 e. The molecule has 3 atom stereocenters. The first-order valence-electron chi connectivity index (χ1n) is 12.4. The summed E-state index contributed by atoms with van der Waals surface area (Å²) >= 11 is 0. The van der Waals surface area contributed by atoms with Gasteiger partial charge in [-0.05, 0) is 61.6 Å². The Morgan fingerprint density at radius 1 is 1.23 bits per heavy atom. The van der Waals surface area contributed by atoms with E-state index in [2.05, 4.69) is 28.9 Å². The molecule has 2 aromatic carbocycles. The number of carboxylic acids is 1. The predicted molar refractivity (Wildman–Crippen MR) is 134 cm³/mol. The summed E-state index contributed by atoms with van der Waals surface area (Å²) in [7, 11) is 1.73. The molecular formula is C28H34N2O5. The zero-order chi connectivity index (χ0) is 24.4. The van der Waals surface area contributed by atoms with Gasteiger partial charge in [-0.15, -0.1) is 0 Å². The number of piperidine rings is 1. The predicted octanol–water partition coefficient (Wildman–Crippen LogP) is 4.94. The number of nitrogens with one attached hydrogen (secondary N) is 1. The van der Waals surface area contributed by atoms with Crippen molar-refractivity contribution in [1.29, 1.82) is 0 Å². The molecule has 7 heteroatoms. The van der Waals surface area contributed by atoms with E-state index in [0.717, 1.165) is 74.6 Å². The van der Waals surface area contributed by atoms with Crippen LogP contribution in [0.5, 0.6) is 5.75 Å². The lowest BCUT2D eigenvalue weighted by Gasteiger charge is -2.40. The van der Waals surface area contributed by atoms with Gasteiger partial charge in [-0.3, -0.25) is 4.90 Å². The van der Waals surface area contributed by atoms with Gasteiger partial charge in [-0.2, -0.15) is 0 Å². The molecular weight excluding hydrogens is 444 g/mol. The molecule has 0 amide bonds. The van der Waals surface area contributed by atoms with Gasteiger partial charge in [0.2, 0.25) is 0 Å². The second kappa shape index (κ2) is 10.4. The number of hydrogen-bond donors (Lipinski definition) is 2. The SMILES string of the molecule is COc1cc(C)c2[nH]ccc2c1CN1CC[C@H](OCC2CCOC2)C[C@H]1c1ccc(C(=O)O)cc1. The number of carbonyl (C=O) groups is 1. The maximum absolute atomic E-state index is 11.4. The van der Waals surface area contributed by atoms with Crippen molar-refractivity contribution >= 4 is 16.9 Å². The van der Waals surface area contributed by atoms with Crippen LogP contribution in [0.4, 0.5) is 0 Å². The van der Waals surface area contributed by atoms with Crippen LogP contribution >= 0.6 is 0 Å². The fraction of sp³-hybridized carbons (Fsp3) is 0.464. The molecule has 2 saturated heterocycles. The molecule has 1 unspecified atom stereocenters. The summed E-state index contributed by atoms with van der Waals surface area (Å²) in [6.07, 6.45) is 5.05. The number of likely N-dealkylation sites (tertiary alicyclic amines) is 1. The topological polar surface area (TPSA) is 84.0 Å². The molecule has 3 aromatic rings. The van der Waals surface area contributed by atoms with Crippen molar-refractivity contribution in [3.05, 3.63) is 64.8 Å². The highest BCUT2D eigenvalue weighted by Gasteiger charge is 2.32. The second-order valence-corrected chi connectivity index (χ2v) is 9.76. The summed E-state index contributed by atoms with van der Waals surface area (Å²) < 4.78 is 17.7. The van der Waals surface area contributed by atoms with Crippen LogP contribution in [0.1, 0.15) is 52.4 Å². The maximum Gasteiger partial charge on any atom is 0.335 e. The van der Waals surface area contributed by atoms with E-state index in [1.165, 1.54) is 10.9 Å². The van der Waals surface area contributed by atoms with Gasteiger partial charge < -0.3 is 24.3 Å². The van der Waals surface area contributed by atoms with Crippen LogP contribution in [-0.2, 0) is 16.0 Å². The van der Waals surface area contributed by atoms with Gasteiger partial charge in [-0.1, -0.05) is 12.1 Å². The molecule has 0 aliphatic carbocycles. The molecule has 0 bridgehead atoms. The highest BCUT2D eigenvalue weighted by atomic mass is 16.5. The van der Waals surface area contributed by atoms with Crippen LogP contribution in [0.15, 0.2) is 42.6 Å². The quantitative estimate of drug-likeness (QED) is 0.477. The number of methoxy groups -OCH3 is 1. The van der Waals surface area contributed by atoms with E-state index in [1.807, 2.05) is 18.3 Å². The molecule has 2 fully saturated rings. The number of aryl methyl sites for hydroxylation is 1. The minimum atomic E-state index is -0.906. The lowest BCUT2D eigenvalue weighted by atomic mass is 9.91. The molecule has 3 heterocycles. The number of nitrogens with zero attached hydrogens (tertiary/aromatic N) is 1. The van der Waals surface area contributed by atoms with Crippen molar-refractivity contribution in [3.8, 4) is 5.75 Å². The van der Waals surface area contributed by atoms with Crippen molar-refractivity contribution in [1.82, 2.24) is 9.88 Å². The number of aromatic amines is 1. The van der Waals surface area contributed by atoms with Gasteiger partial charge >= 0.3 is 5.97 Å². The molecule has 7 nitrogen and oxygen atoms in total. The zero-order valence-electron chi connectivity index (χ0n) is 20.5. The number of H-pyrrole nitrogens is 1. The number of ether oxygens (including phenoxy) is 3. The van der Waals surface area contributed by atoms with Crippen molar-refractivity contribution < 1.29 is 24.1 Å². The molecule has 2 aliphatic rings. The first-order chi connectivity index (χ1) is 17.0. The van der Waals surface area contributed by atoms with Gasteiger partial charge in [0.05, 0.1) is 32.0 Å². The smallest absolute Gasteiger partial charge is 0.335 e. The van der Waals surface area contributed by atoms with Crippen LogP contribution in [0.3, 0.4) is 0 Å². The van der Waals surface area contributed by atoms with Crippen molar-refractivity contribution in [3.63, 3.8) is 0 Å². The third-order valence-corrected chi connectivity index (χ3v) is 7.49. The Kier molecular flexibility index (Phi) is 7.09. The fourth-order valence-electron chi connectivity index (χ4n) is 5.49. The van der Waals surface area contributed by atoms with E-state index in [-0.39, 0.29) is 12.1 Å². The normalized spacial score (nSPS) is 23.1. The molecule has 0 spiro atoms. The third-order valence-electron chi connectivity index (χ3n) is 7.49. The highest BCUT2D eigenvalue weighted by Crippen LogP contribution is 2.38. The molecule has 0 saturated carbocycles. The minimum absolute atomic E-state index is 0.122. The molecule has 0 radical (unpaired) electrons. The second-order valence-electron chi connectivity index (χ2n) is 9.76. The van der Waals surface area contributed by atoms with E-state index in [0.29, 0.717) is 11.5 Å². The number of carboxylic acid groups (broad SMARTS) is 1. The van der Waals surface area contributed by atoms with Crippen LogP contribution in [0.2, 0.25) is 0 Å². The lowest BCUT2D eigenvalue weighted by molar-refractivity contribution is -0.0325. The summed E-state index contributed by atoms with van der Waals surface area (Å²) in [5.41, 5.74) is 4.89. The summed E-state index contributed by atoms with van der Waals surface area (Å²) in [5.74, 6) is 0.477. The van der Waals surface area contributed by atoms with Crippen molar-refractivity contribution in [2.75, 3.05) is 33.5 Å². The van der Waals surface area contributed by atoms with Gasteiger partial charge in [-0.25, -0.2) is 4.79 Å². The van der Waals surface area contributed by atoms with Gasteiger partial charge in [0.1, 0.15) is 5.75 Å². The largest absolute Gasteiger partial charge is 0.496 e. The summed E-state index contributed by atoms with van der Waals surface area (Å²) in [5, 5.41) is 10.5.